The molecule has 0 bridgehead atoms. The van der Waals surface area contributed by atoms with E-state index < -0.39 is 6.09 Å². The van der Waals surface area contributed by atoms with Crippen LogP contribution in [0.5, 0.6) is 0 Å². The number of hydrogen-bond acceptors (Lipinski definition) is 5. The molecule has 1 aliphatic heterocycles. The summed E-state index contributed by atoms with van der Waals surface area (Å²) >= 11 is 0. The quantitative estimate of drug-likeness (QED) is 0.876. The highest BCUT2D eigenvalue weighted by Gasteiger charge is 2.21. The van der Waals surface area contributed by atoms with Gasteiger partial charge in [-0.2, -0.15) is 10.2 Å². The molecule has 2 amide bonds. The van der Waals surface area contributed by atoms with E-state index in [1.807, 2.05) is 36.4 Å². The molecule has 0 radical (unpaired) electrons. The Morgan fingerprint density at radius 3 is 2.48 bits per heavy atom. The Balaban J connectivity index is 1.74. The predicted octanol–water partition coefficient (Wildman–Crippen LogP) is 3.69. The second kappa shape index (κ2) is 8.44. The fraction of sp³-hybridized carbons (Fsp3) is 0.300. The van der Waals surface area contributed by atoms with Crippen molar-refractivity contribution in [1.82, 2.24) is 4.90 Å². The monoisotopic (exact) mass is 366 g/mol. The van der Waals surface area contributed by atoms with E-state index in [1.165, 1.54) is 4.90 Å². The highest BCUT2D eigenvalue weighted by atomic mass is 16.5. The number of benzene rings is 2. The molecule has 0 fully saturated rings. The Kier molecular flexibility index (Phi) is 5.80. The molecule has 3 rings (SSSR count). The predicted molar refractivity (Wildman–Crippen MR) is 102 cm³/mol. The first-order valence-electron chi connectivity index (χ1n) is 8.71. The van der Waals surface area contributed by atoms with Gasteiger partial charge in [0.1, 0.15) is 6.61 Å². The highest BCUT2D eigenvalue weighted by Crippen LogP contribution is 2.27. The van der Waals surface area contributed by atoms with Crippen molar-refractivity contribution in [1.29, 1.82) is 0 Å². The lowest BCUT2D eigenvalue weighted by molar-refractivity contribution is 0.0828. The lowest BCUT2D eigenvalue weighted by atomic mass is 9.96. The number of amides is 2. The number of carbonyl (C=O) groups is 2. The third-order valence-corrected chi connectivity index (χ3v) is 4.31. The topological polar surface area (TPSA) is 83.4 Å². The van der Waals surface area contributed by atoms with Crippen LogP contribution in [0.1, 0.15) is 27.4 Å². The number of rotatable bonds is 5. The SMILES string of the molecule is CN(C)C(=O)c1cc(C2CN=NC2)ccc1NC(=O)OCc1ccccc1. The molecular formula is C20H22N4O3. The smallest absolute Gasteiger partial charge is 0.411 e. The maximum atomic E-state index is 12.6. The Labute approximate surface area is 158 Å². The Morgan fingerprint density at radius 2 is 1.81 bits per heavy atom. The van der Waals surface area contributed by atoms with Gasteiger partial charge in [-0.05, 0) is 23.3 Å². The average Bonchev–Trinajstić information content (AvgIpc) is 3.21. The zero-order valence-corrected chi connectivity index (χ0v) is 15.4. The molecule has 0 saturated heterocycles. The lowest BCUT2D eigenvalue weighted by Gasteiger charge is -2.17. The number of carbonyl (C=O) groups excluding carboxylic acids is 2. The molecule has 0 aromatic heterocycles. The minimum absolute atomic E-state index is 0.160. The van der Waals surface area contributed by atoms with E-state index in [9.17, 15) is 9.59 Å². The van der Waals surface area contributed by atoms with Gasteiger partial charge in [-0.25, -0.2) is 4.79 Å². The van der Waals surface area contributed by atoms with Crippen LogP contribution in [-0.2, 0) is 11.3 Å². The van der Waals surface area contributed by atoms with E-state index in [-0.39, 0.29) is 18.4 Å². The standard InChI is InChI=1S/C20H22N4O3/c1-24(2)19(25)17-10-15(16-11-21-22-12-16)8-9-18(17)23-20(26)27-13-14-6-4-3-5-7-14/h3-10,16H,11-13H2,1-2H3,(H,23,26). The van der Waals surface area contributed by atoms with Crippen LogP contribution in [0, 0.1) is 0 Å². The Morgan fingerprint density at radius 1 is 1.11 bits per heavy atom. The summed E-state index contributed by atoms with van der Waals surface area (Å²) < 4.78 is 5.25. The van der Waals surface area contributed by atoms with Gasteiger partial charge < -0.3 is 9.64 Å². The molecule has 1 aliphatic rings. The van der Waals surface area contributed by atoms with E-state index in [0.717, 1.165) is 11.1 Å². The Bertz CT molecular complexity index is 842. The number of hydrogen-bond donors (Lipinski definition) is 1. The van der Waals surface area contributed by atoms with Crippen LogP contribution >= 0.6 is 0 Å². The second-order valence-corrected chi connectivity index (χ2v) is 6.54. The third kappa shape index (κ3) is 4.69. The summed E-state index contributed by atoms with van der Waals surface area (Å²) in [5, 5.41) is 10.7. The first-order valence-corrected chi connectivity index (χ1v) is 8.71. The third-order valence-electron chi connectivity index (χ3n) is 4.31. The fourth-order valence-electron chi connectivity index (χ4n) is 2.79. The maximum Gasteiger partial charge on any atom is 0.411 e. The van der Waals surface area contributed by atoms with E-state index in [0.29, 0.717) is 24.3 Å². The maximum absolute atomic E-state index is 12.6. The van der Waals surface area contributed by atoms with Gasteiger partial charge >= 0.3 is 6.09 Å². The van der Waals surface area contributed by atoms with Gasteiger partial charge in [-0.15, -0.1) is 0 Å². The number of azo groups is 1. The molecule has 0 aliphatic carbocycles. The zero-order chi connectivity index (χ0) is 19.2. The minimum atomic E-state index is -0.606. The van der Waals surface area contributed by atoms with Crippen molar-refractivity contribution >= 4 is 17.7 Å². The molecule has 140 valence electrons. The van der Waals surface area contributed by atoms with E-state index in [2.05, 4.69) is 15.5 Å². The summed E-state index contributed by atoms with van der Waals surface area (Å²) in [7, 11) is 3.35. The highest BCUT2D eigenvalue weighted by molar-refractivity contribution is 6.02. The van der Waals surface area contributed by atoms with E-state index in [4.69, 9.17) is 4.74 Å². The summed E-state index contributed by atoms with van der Waals surface area (Å²) in [6.45, 7) is 1.38. The van der Waals surface area contributed by atoms with Gasteiger partial charge in [0, 0.05) is 20.0 Å². The number of anilines is 1. The molecule has 1 N–H and O–H groups in total. The molecule has 7 nitrogen and oxygen atoms in total. The van der Waals surface area contributed by atoms with Crippen molar-refractivity contribution in [3.63, 3.8) is 0 Å². The van der Waals surface area contributed by atoms with Gasteiger partial charge in [-0.1, -0.05) is 36.4 Å². The largest absolute Gasteiger partial charge is 0.444 e. The van der Waals surface area contributed by atoms with Gasteiger partial charge in [0.05, 0.1) is 24.3 Å². The van der Waals surface area contributed by atoms with Gasteiger partial charge in [0.2, 0.25) is 0 Å². The van der Waals surface area contributed by atoms with Crippen molar-refractivity contribution in [3.05, 3.63) is 65.2 Å². The number of nitrogens with zero attached hydrogens (tertiary/aromatic N) is 3. The molecular weight excluding hydrogens is 344 g/mol. The minimum Gasteiger partial charge on any atom is -0.444 e. The first kappa shape index (κ1) is 18.6. The van der Waals surface area contributed by atoms with Gasteiger partial charge in [0.15, 0.2) is 0 Å². The second-order valence-electron chi connectivity index (χ2n) is 6.54. The molecule has 0 atom stereocenters. The lowest BCUT2D eigenvalue weighted by Crippen LogP contribution is -2.24. The van der Waals surface area contributed by atoms with E-state index in [1.54, 1.807) is 26.2 Å². The molecule has 2 aromatic rings. The van der Waals surface area contributed by atoms with Crippen LogP contribution in [-0.4, -0.2) is 44.1 Å². The summed E-state index contributed by atoms with van der Waals surface area (Å²) in [6.07, 6.45) is -0.606. The van der Waals surface area contributed by atoms with Crippen molar-refractivity contribution in [2.45, 2.75) is 12.5 Å². The molecule has 7 heteroatoms. The van der Waals surface area contributed by atoms with Crippen LogP contribution in [0.4, 0.5) is 10.5 Å². The van der Waals surface area contributed by atoms with E-state index >= 15 is 0 Å². The molecule has 1 heterocycles. The van der Waals surface area contributed by atoms with Gasteiger partial charge in [-0.3, -0.25) is 10.1 Å². The molecule has 0 saturated carbocycles. The Hall–Kier alpha value is -3.22. The molecule has 0 unspecified atom stereocenters. The summed E-state index contributed by atoms with van der Waals surface area (Å²) in [5.41, 5.74) is 2.71. The van der Waals surface area contributed by atoms with Crippen molar-refractivity contribution in [3.8, 4) is 0 Å². The fourth-order valence-corrected chi connectivity index (χ4v) is 2.79. The van der Waals surface area contributed by atoms with Gasteiger partial charge in [0.25, 0.3) is 5.91 Å². The van der Waals surface area contributed by atoms with Crippen LogP contribution in [0.15, 0.2) is 58.8 Å². The number of ether oxygens (including phenoxy) is 1. The molecule has 0 spiro atoms. The summed E-state index contributed by atoms with van der Waals surface area (Å²) in [4.78, 5) is 26.2. The normalized spacial score (nSPS) is 13.4. The van der Waals surface area contributed by atoms with Crippen LogP contribution in [0.25, 0.3) is 0 Å². The molecule has 27 heavy (non-hydrogen) atoms. The van der Waals surface area contributed by atoms with Crippen LogP contribution < -0.4 is 5.32 Å². The summed E-state index contributed by atoms with van der Waals surface area (Å²) in [5.74, 6) is -0.0279. The first-order chi connectivity index (χ1) is 13.0. The van der Waals surface area contributed by atoms with Crippen molar-refractivity contribution in [2.24, 2.45) is 10.2 Å². The average molecular weight is 366 g/mol. The van der Waals surface area contributed by atoms with Crippen molar-refractivity contribution < 1.29 is 14.3 Å². The molecule has 2 aromatic carbocycles. The van der Waals surface area contributed by atoms with Crippen LogP contribution in [0.3, 0.4) is 0 Å². The van der Waals surface area contributed by atoms with Crippen LogP contribution in [0.2, 0.25) is 0 Å². The number of nitrogens with one attached hydrogen (secondary N) is 1. The van der Waals surface area contributed by atoms with Crippen molar-refractivity contribution in [2.75, 3.05) is 32.5 Å². The summed E-state index contributed by atoms with van der Waals surface area (Å²) in [6, 6.07) is 14.8. The zero-order valence-electron chi connectivity index (χ0n) is 15.4.